The number of hydrogen-bond acceptors (Lipinski definition) is 3. The van der Waals surface area contributed by atoms with Crippen LogP contribution >= 0.6 is 0 Å². The van der Waals surface area contributed by atoms with Crippen LogP contribution in [-0.4, -0.2) is 66.6 Å². The molecule has 3 heterocycles. The number of carbonyl (C=O) groups excluding carboxylic acids is 1. The maximum atomic E-state index is 13.2. The monoisotopic (exact) mass is 504 g/mol. The standard InChI is InChI=1S/C31H41FN4O/c1-3-34-16-11-24(12-17-34)25-6-7-26-20-29(22-31(37)33-2)36(30(26)21-25)28-13-18-35(19-14-28)15-10-23-4-8-27(32)9-5-23/h4-9,20-21,24,28H,3,10-19,22H2,1-2H3,(H,33,37). The second kappa shape index (κ2) is 11.8. The van der Waals surface area contributed by atoms with Gasteiger partial charge in [-0.25, -0.2) is 4.39 Å². The number of halogens is 1. The number of nitrogens with one attached hydrogen (secondary N) is 1. The lowest BCUT2D eigenvalue weighted by atomic mass is 9.89. The fourth-order valence-corrected chi connectivity index (χ4v) is 6.29. The maximum absolute atomic E-state index is 13.2. The van der Waals surface area contributed by atoms with Crippen LogP contribution in [0.1, 0.15) is 61.4 Å². The number of rotatable bonds is 8. The van der Waals surface area contributed by atoms with Crippen LogP contribution in [0.3, 0.4) is 0 Å². The summed E-state index contributed by atoms with van der Waals surface area (Å²) < 4.78 is 15.7. The molecule has 2 aromatic carbocycles. The zero-order valence-corrected chi connectivity index (χ0v) is 22.4. The number of likely N-dealkylation sites (N-methyl/N-ethyl adjacent to an activating group) is 1. The Bertz CT molecular complexity index is 1190. The van der Waals surface area contributed by atoms with Crippen molar-refractivity contribution in [2.45, 2.75) is 57.4 Å². The number of hydrogen-bond donors (Lipinski definition) is 1. The highest BCUT2D eigenvalue weighted by atomic mass is 19.1. The first kappa shape index (κ1) is 25.9. The molecule has 0 bridgehead atoms. The number of nitrogens with zero attached hydrogens (tertiary/aromatic N) is 3. The summed E-state index contributed by atoms with van der Waals surface area (Å²) in [5.74, 6) is 0.504. The van der Waals surface area contributed by atoms with Gasteiger partial charge >= 0.3 is 0 Å². The first-order chi connectivity index (χ1) is 18.0. The van der Waals surface area contributed by atoms with Crippen molar-refractivity contribution in [1.29, 1.82) is 0 Å². The van der Waals surface area contributed by atoms with Gasteiger partial charge in [-0.2, -0.15) is 0 Å². The van der Waals surface area contributed by atoms with Crippen molar-refractivity contribution in [2.24, 2.45) is 0 Å². The quantitative estimate of drug-likeness (QED) is 0.461. The smallest absolute Gasteiger partial charge is 0.225 e. The number of aromatic nitrogens is 1. The third-order valence-electron chi connectivity index (χ3n) is 8.62. The van der Waals surface area contributed by atoms with Crippen LogP contribution in [0.2, 0.25) is 0 Å². The molecule has 2 aliphatic heterocycles. The molecular weight excluding hydrogens is 463 g/mol. The van der Waals surface area contributed by atoms with Crippen LogP contribution in [0.25, 0.3) is 10.9 Å². The molecule has 0 atom stereocenters. The van der Waals surface area contributed by atoms with E-state index in [1.165, 1.54) is 48.0 Å². The van der Waals surface area contributed by atoms with Gasteiger partial charge in [0.2, 0.25) is 5.91 Å². The van der Waals surface area contributed by atoms with Gasteiger partial charge in [0.1, 0.15) is 5.82 Å². The molecule has 0 aliphatic carbocycles. The van der Waals surface area contributed by atoms with E-state index in [1.54, 1.807) is 19.2 Å². The van der Waals surface area contributed by atoms with Crippen LogP contribution in [0.15, 0.2) is 48.5 Å². The van der Waals surface area contributed by atoms with E-state index in [9.17, 15) is 9.18 Å². The molecule has 3 aromatic rings. The molecule has 5 nitrogen and oxygen atoms in total. The van der Waals surface area contributed by atoms with E-state index < -0.39 is 0 Å². The van der Waals surface area contributed by atoms with E-state index in [0.29, 0.717) is 18.4 Å². The summed E-state index contributed by atoms with van der Waals surface area (Å²) in [6.45, 7) is 8.83. The minimum absolute atomic E-state index is 0.0629. The first-order valence-corrected chi connectivity index (χ1v) is 14.1. The van der Waals surface area contributed by atoms with Crippen LogP contribution in [0.4, 0.5) is 4.39 Å². The Balaban J connectivity index is 1.33. The van der Waals surface area contributed by atoms with Crippen molar-refractivity contribution >= 4 is 16.8 Å². The number of fused-ring (bicyclic) bond motifs is 1. The average molecular weight is 505 g/mol. The van der Waals surface area contributed by atoms with E-state index in [-0.39, 0.29) is 11.7 Å². The molecule has 0 radical (unpaired) electrons. The Morgan fingerprint density at radius 2 is 1.65 bits per heavy atom. The fraction of sp³-hybridized carbons (Fsp3) is 0.516. The lowest BCUT2D eigenvalue weighted by Crippen LogP contribution is -2.36. The zero-order chi connectivity index (χ0) is 25.8. The highest BCUT2D eigenvalue weighted by molar-refractivity contribution is 5.85. The van der Waals surface area contributed by atoms with E-state index in [2.05, 4.69) is 50.9 Å². The molecule has 37 heavy (non-hydrogen) atoms. The molecule has 5 rings (SSSR count). The lowest BCUT2D eigenvalue weighted by molar-refractivity contribution is -0.120. The summed E-state index contributed by atoms with van der Waals surface area (Å²) in [7, 11) is 1.72. The van der Waals surface area contributed by atoms with Gasteiger partial charge in [0, 0.05) is 43.9 Å². The molecule has 0 spiro atoms. The summed E-state index contributed by atoms with van der Waals surface area (Å²) >= 11 is 0. The second-order valence-corrected chi connectivity index (χ2v) is 10.8. The Hall–Kier alpha value is -2.70. The van der Waals surface area contributed by atoms with Crippen LogP contribution in [0, 0.1) is 5.82 Å². The van der Waals surface area contributed by atoms with Crippen molar-refractivity contribution < 1.29 is 9.18 Å². The molecule has 1 aromatic heterocycles. The molecule has 6 heteroatoms. The fourth-order valence-electron chi connectivity index (χ4n) is 6.29. The van der Waals surface area contributed by atoms with Crippen molar-refractivity contribution in [3.63, 3.8) is 0 Å². The summed E-state index contributed by atoms with van der Waals surface area (Å²) in [6, 6.07) is 16.5. The van der Waals surface area contributed by atoms with Gasteiger partial charge in [0.15, 0.2) is 0 Å². The third-order valence-corrected chi connectivity index (χ3v) is 8.62. The van der Waals surface area contributed by atoms with Gasteiger partial charge in [0.25, 0.3) is 0 Å². The minimum Gasteiger partial charge on any atom is -0.359 e. The Morgan fingerprint density at radius 3 is 2.32 bits per heavy atom. The summed E-state index contributed by atoms with van der Waals surface area (Å²) in [4.78, 5) is 17.5. The number of benzene rings is 2. The molecule has 2 aliphatic rings. The maximum Gasteiger partial charge on any atom is 0.225 e. The van der Waals surface area contributed by atoms with Crippen molar-refractivity contribution in [2.75, 3.05) is 46.3 Å². The third kappa shape index (κ3) is 6.07. The van der Waals surface area contributed by atoms with Crippen molar-refractivity contribution in [3.05, 3.63) is 71.2 Å². The Morgan fingerprint density at radius 1 is 0.946 bits per heavy atom. The SMILES string of the molecule is CCN1CCC(c2ccc3cc(CC(=O)NC)n(C4CCN(CCc5ccc(F)cc5)CC4)c3c2)CC1. The lowest BCUT2D eigenvalue weighted by Gasteiger charge is -2.34. The van der Waals surface area contributed by atoms with Crippen LogP contribution in [0.5, 0.6) is 0 Å². The minimum atomic E-state index is -0.175. The van der Waals surface area contributed by atoms with Gasteiger partial charge in [-0.3, -0.25) is 4.79 Å². The molecule has 2 saturated heterocycles. The topological polar surface area (TPSA) is 40.5 Å². The van der Waals surface area contributed by atoms with Gasteiger partial charge in [-0.05, 0) is 98.4 Å². The molecular formula is C31H41FN4O. The van der Waals surface area contributed by atoms with Crippen molar-refractivity contribution in [1.82, 2.24) is 19.7 Å². The zero-order valence-electron chi connectivity index (χ0n) is 22.4. The van der Waals surface area contributed by atoms with Crippen LogP contribution < -0.4 is 5.32 Å². The number of piperidine rings is 2. The molecule has 1 amide bonds. The van der Waals surface area contributed by atoms with E-state index >= 15 is 0 Å². The molecule has 2 fully saturated rings. The predicted octanol–water partition coefficient (Wildman–Crippen LogP) is 5.15. The Labute approximate surface area is 220 Å². The molecule has 1 N–H and O–H groups in total. The molecule has 198 valence electrons. The van der Waals surface area contributed by atoms with Gasteiger partial charge in [-0.15, -0.1) is 0 Å². The normalized spacial score (nSPS) is 18.5. The van der Waals surface area contributed by atoms with E-state index in [1.807, 2.05) is 12.1 Å². The van der Waals surface area contributed by atoms with Crippen molar-refractivity contribution in [3.8, 4) is 0 Å². The summed E-state index contributed by atoms with van der Waals surface area (Å²) in [5.41, 5.74) is 5.05. The van der Waals surface area contributed by atoms with Gasteiger partial charge in [-0.1, -0.05) is 31.2 Å². The van der Waals surface area contributed by atoms with E-state index in [0.717, 1.165) is 51.1 Å². The first-order valence-electron chi connectivity index (χ1n) is 14.1. The second-order valence-electron chi connectivity index (χ2n) is 10.8. The highest BCUT2D eigenvalue weighted by Crippen LogP contribution is 2.35. The van der Waals surface area contributed by atoms with Gasteiger partial charge < -0.3 is 19.7 Å². The Kier molecular flexibility index (Phi) is 8.26. The van der Waals surface area contributed by atoms with E-state index in [4.69, 9.17) is 0 Å². The number of carbonyl (C=O) groups is 1. The average Bonchev–Trinajstić information content (AvgIpc) is 3.29. The number of amides is 1. The van der Waals surface area contributed by atoms with Crippen LogP contribution in [-0.2, 0) is 17.6 Å². The highest BCUT2D eigenvalue weighted by Gasteiger charge is 2.26. The summed E-state index contributed by atoms with van der Waals surface area (Å²) in [5, 5.41) is 4.06. The summed E-state index contributed by atoms with van der Waals surface area (Å²) in [6.07, 6.45) is 5.95. The van der Waals surface area contributed by atoms with Gasteiger partial charge in [0.05, 0.1) is 6.42 Å². The predicted molar refractivity (Wildman–Crippen MR) is 149 cm³/mol. The number of likely N-dealkylation sites (tertiary alicyclic amines) is 2. The molecule has 0 saturated carbocycles. The largest absolute Gasteiger partial charge is 0.359 e. The molecule has 0 unspecified atom stereocenters.